The summed E-state index contributed by atoms with van der Waals surface area (Å²) < 4.78 is 5.57. The molecule has 0 amide bonds. The van der Waals surface area contributed by atoms with Crippen molar-refractivity contribution in [3.05, 3.63) is 29.3 Å². The molecule has 1 aromatic rings. The molecule has 21 heavy (non-hydrogen) atoms. The van der Waals surface area contributed by atoms with Crippen LogP contribution in [0.2, 0.25) is 0 Å². The van der Waals surface area contributed by atoms with Crippen LogP contribution in [0, 0.1) is 0 Å². The molecule has 1 aromatic carbocycles. The molecule has 3 heteroatoms. The van der Waals surface area contributed by atoms with Gasteiger partial charge in [0.1, 0.15) is 5.75 Å². The van der Waals surface area contributed by atoms with E-state index < -0.39 is 0 Å². The van der Waals surface area contributed by atoms with Gasteiger partial charge in [-0.05, 0) is 57.0 Å². The third-order valence-corrected chi connectivity index (χ3v) is 5.30. The van der Waals surface area contributed by atoms with Gasteiger partial charge >= 0.3 is 0 Å². The molecule has 0 saturated heterocycles. The number of ether oxygens (including phenoxy) is 1. The van der Waals surface area contributed by atoms with E-state index in [4.69, 9.17) is 10.5 Å². The van der Waals surface area contributed by atoms with Crippen LogP contribution in [0.1, 0.15) is 44.2 Å². The number of likely N-dealkylation sites (N-methyl/N-ethyl adjacent to an activating group) is 1. The average molecular weight is 290 g/mol. The Kier molecular flexibility index (Phi) is 5.28. The van der Waals surface area contributed by atoms with Crippen molar-refractivity contribution in [1.82, 2.24) is 4.90 Å². The number of hydrogen-bond donors (Lipinski definition) is 1. The highest BCUT2D eigenvalue weighted by molar-refractivity contribution is 5.39. The fraction of sp³-hybridized carbons (Fsp3) is 0.667. The summed E-state index contributed by atoms with van der Waals surface area (Å²) in [6.07, 6.45) is 5.30. The Morgan fingerprint density at radius 2 is 2.00 bits per heavy atom. The second-order valence-electron chi connectivity index (χ2n) is 6.39. The summed E-state index contributed by atoms with van der Waals surface area (Å²) >= 11 is 0. The molecule has 0 spiro atoms. The molecule has 1 aliphatic rings. The van der Waals surface area contributed by atoms with Gasteiger partial charge in [0.05, 0.1) is 6.61 Å². The monoisotopic (exact) mass is 290 g/mol. The highest BCUT2D eigenvalue weighted by Gasteiger charge is 2.35. The summed E-state index contributed by atoms with van der Waals surface area (Å²) in [7, 11) is 4.30. The SMILES string of the molecule is CCC(CC)(C(N)CCc1ccc2c(c1)CCO2)N(C)C. The van der Waals surface area contributed by atoms with E-state index in [0.29, 0.717) is 0 Å². The van der Waals surface area contributed by atoms with E-state index in [-0.39, 0.29) is 11.6 Å². The maximum Gasteiger partial charge on any atom is 0.122 e. The molecule has 0 saturated carbocycles. The first kappa shape index (κ1) is 16.3. The second-order valence-corrected chi connectivity index (χ2v) is 6.39. The number of hydrogen-bond acceptors (Lipinski definition) is 3. The summed E-state index contributed by atoms with van der Waals surface area (Å²) in [5.74, 6) is 1.06. The Bertz CT molecular complexity index is 466. The van der Waals surface area contributed by atoms with Gasteiger partial charge in [-0.25, -0.2) is 0 Å². The van der Waals surface area contributed by atoms with Crippen molar-refractivity contribution in [3.8, 4) is 5.75 Å². The smallest absolute Gasteiger partial charge is 0.122 e. The highest BCUT2D eigenvalue weighted by atomic mass is 16.5. The number of aryl methyl sites for hydroxylation is 1. The van der Waals surface area contributed by atoms with Crippen molar-refractivity contribution in [2.75, 3.05) is 20.7 Å². The molecule has 2 rings (SSSR count). The van der Waals surface area contributed by atoms with Crippen molar-refractivity contribution in [3.63, 3.8) is 0 Å². The van der Waals surface area contributed by atoms with Gasteiger partial charge in [0.15, 0.2) is 0 Å². The lowest BCUT2D eigenvalue weighted by molar-refractivity contribution is 0.102. The van der Waals surface area contributed by atoms with Gasteiger partial charge in [-0.3, -0.25) is 0 Å². The molecule has 0 bridgehead atoms. The van der Waals surface area contributed by atoms with E-state index in [1.54, 1.807) is 0 Å². The number of nitrogens with two attached hydrogens (primary N) is 1. The van der Waals surface area contributed by atoms with Crippen LogP contribution in [-0.4, -0.2) is 37.2 Å². The quantitative estimate of drug-likeness (QED) is 0.839. The molecule has 3 nitrogen and oxygen atoms in total. The molecule has 1 heterocycles. The third kappa shape index (κ3) is 3.24. The Labute approximate surface area is 129 Å². The minimum atomic E-state index is 0.111. The summed E-state index contributed by atoms with van der Waals surface area (Å²) in [4.78, 5) is 2.31. The maximum absolute atomic E-state index is 6.57. The van der Waals surface area contributed by atoms with E-state index in [1.807, 2.05) is 0 Å². The van der Waals surface area contributed by atoms with Crippen LogP contribution in [0.5, 0.6) is 5.75 Å². The summed E-state index contributed by atoms with van der Waals surface area (Å²) in [6.45, 7) is 5.32. The predicted octanol–water partition coefficient (Wildman–Crippen LogP) is 3.00. The first-order chi connectivity index (χ1) is 10.0. The average Bonchev–Trinajstić information content (AvgIpc) is 2.94. The van der Waals surface area contributed by atoms with Gasteiger partial charge in [0, 0.05) is 18.0 Å². The van der Waals surface area contributed by atoms with Crippen molar-refractivity contribution >= 4 is 0 Å². The van der Waals surface area contributed by atoms with Crippen LogP contribution >= 0.6 is 0 Å². The van der Waals surface area contributed by atoms with Crippen LogP contribution in [0.15, 0.2) is 18.2 Å². The maximum atomic E-state index is 6.57. The first-order valence-corrected chi connectivity index (χ1v) is 8.21. The van der Waals surface area contributed by atoms with Gasteiger partial charge in [-0.2, -0.15) is 0 Å². The summed E-state index contributed by atoms with van der Waals surface area (Å²) in [5, 5.41) is 0. The molecule has 118 valence electrons. The van der Waals surface area contributed by atoms with E-state index in [1.165, 1.54) is 11.1 Å². The number of fused-ring (bicyclic) bond motifs is 1. The number of benzene rings is 1. The third-order valence-electron chi connectivity index (χ3n) is 5.30. The molecular formula is C18H30N2O. The number of nitrogens with zero attached hydrogens (tertiary/aromatic N) is 1. The molecule has 0 aromatic heterocycles. The van der Waals surface area contributed by atoms with Crippen molar-refractivity contribution < 1.29 is 4.74 Å². The molecule has 0 radical (unpaired) electrons. The highest BCUT2D eigenvalue weighted by Crippen LogP contribution is 2.29. The molecule has 1 atom stereocenters. The molecule has 2 N–H and O–H groups in total. The topological polar surface area (TPSA) is 38.5 Å². The van der Waals surface area contributed by atoms with Crippen LogP contribution in [-0.2, 0) is 12.8 Å². The Morgan fingerprint density at radius 1 is 1.29 bits per heavy atom. The van der Waals surface area contributed by atoms with Crippen LogP contribution in [0.4, 0.5) is 0 Å². The second kappa shape index (κ2) is 6.80. The Hall–Kier alpha value is -1.06. The van der Waals surface area contributed by atoms with E-state index in [2.05, 4.69) is 51.0 Å². The predicted molar refractivity (Wildman–Crippen MR) is 88.9 cm³/mol. The molecule has 0 fully saturated rings. The fourth-order valence-corrected chi connectivity index (χ4v) is 3.72. The minimum Gasteiger partial charge on any atom is -0.493 e. The van der Waals surface area contributed by atoms with Crippen molar-refractivity contribution in [1.29, 1.82) is 0 Å². The van der Waals surface area contributed by atoms with Gasteiger partial charge < -0.3 is 15.4 Å². The largest absolute Gasteiger partial charge is 0.493 e. The van der Waals surface area contributed by atoms with Crippen LogP contribution < -0.4 is 10.5 Å². The zero-order valence-electron chi connectivity index (χ0n) is 14.0. The van der Waals surface area contributed by atoms with Crippen LogP contribution in [0.3, 0.4) is 0 Å². The van der Waals surface area contributed by atoms with Gasteiger partial charge in [0.25, 0.3) is 0 Å². The van der Waals surface area contributed by atoms with E-state index in [9.17, 15) is 0 Å². The molecule has 1 unspecified atom stereocenters. The normalized spacial score (nSPS) is 15.9. The summed E-state index contributed by atoms with van der Waals surface area (Å²) in [6, 6.07) is 6.80. The molecule has 0 aliphatic carbocycles. The standard InChI is InChI=1S/C18H30N2O/c1-5-18(6-2,20(3)4)17(19)10-8-14-7-9-16-15(13-14)11-12-21-16/h7,9,13,17H,5-6,8,10-12,19H2,1-4H3. The first-order valence-electron chi connectivity index (χ1n) is 8.21. The van der Waals surface area contributed by atoms with E-state index in [0.717, 1.165) is 44.5 Å². The Morgan fingerprint density at radius 3 is 2.62 bits per heavy atom. The number of rotatable bonds is 7. The van der Waals surface area contributed by atoms with Crippen molar-refractivity contribution in [2.45, 2.75) is 57.5 Å². The zero-order chi connectivity index (χ0) is 15.5. The molecular weight excluding hydrogens is 260 g/mol. The fourth-order valence-electron chi connectivity index (χ4n) is 3.72. The lowest BCUT2D eigenvalue weighted by Gasteiger charge is -2.43. The molecule has 1 aliphatic heterocycles. The van der Waals surface area contributed by atoms with Crippen molar-refractivity contribution in [2.24, 2.45) is 5.73 Å². The minimum absolute atomic E-state index is 0.111. The van der Waals surface area contributed by atoms with Gasteiger partial charge in [-0.15, -0.1) is 0 Å². The van der Waals surface area contributed by atoms with Crippen LogP contribution in [0.25, 0.3) is 0 Å². The lowest BCUT2D eigenvalue weighted by Crippen LogP contribution is -2.56. The zero-order valence-corrected chi connectivity index (χ0v) is 14.0. The van der Waals surface area contributed by atoms with Gasteiger partial charge in [-0.1, -0.05) is 26.0 Å². The van der Waals surface area contributed by atoms with E-state index >= 15 is 0 Å². The Balaban J connectivity index is 2.01. The lowest BCUT2D eigenvalue weighted by atomic mass is 9.81. The summed E-state index contributed by atoms with van der Waals surface area (Å²) in [5.41, 5.74) is 9.42. The van der Waals surface area contributed by atoms with Gasteiger partial charge in [0.2, 0.25) is 0 Å².